The first-order valence-corrected chi connectivity index (χ1v) is 7.47. The molecule has 0 saturated heterocycles. The van der Waals surface area contributed by atoms with Crippen LogP contribution >= 0.6 is 34.2 Å². The van der Waals surface area contributed by atoms with Crippen LogP contribution in [-0.2, 0) is 0 Å². The smallest absolute Gasteiger partial charge is 0.255 e. The molecule has 0 aliphatic heterocycles. The fourth-order valence-corrected chi connectivity index (χ4v) is 2.70. The summed E-state index contributed by atoms with van der Waals surface area (Å²) in [6.45, 7) is 0. The van der Waals surface area contributed by atoms with Crippen LogP contribution in [-0.4, -0.2) is 20.0 Å². The highest BCUT2D eigenvalue weighted by atomic mass is 127. The normalized spacial score (nSPS) is 10.2. The number of halogens is 2. The van der Waals surface area contributed by atoms with Crippen LogP contribution in [0.2, 0.25) is 5.02 Å². The maximum atomic E-state index is 12.2. The number of carbonyl (C=O) groups is 1. The predicted molar refractivity (Wildman–Crippen MR) is 92.9 cm³/mol. The van der Waals surface area contributed by atoms with Crippen LogP contribution in [0.5, 0.6) is 0 Å². The highest BCUT2D eigenvalue weighted by Gasteiger charge is 2.08. The van der Waals surface area contributed by atoms with Crippen LogP contribution < -0.4 is 10.2 Å². The number of carbonyl (C=O) groups excluding carboxylic acids is 1. The van der Waals surface area contributed by atoms with E-state index >= 15 is 0 Å². The Morgan fingerprint density at radius 2 is 1.80 bits per heavy atom. The second kappa shape index (κ2) is 6.45. The molecular formula is C15H14ClIN2O. The monoisotopic (exact) mass is 400 g/mol. The third-order valence-electron chi connectivity index (χ3n) is 2.83. The molecule has 3 nitrogen and oxygen atoms in total. The molecular weight excluding hydrogens is 387 g/mol. The van der Waals surface area contributed by atoms with Crippen LogP contribution in [0.3, 0.4) is 0 Å². The SMILES string of the molecule is CN(C)c1ccc(C(=O)Nc2ccc(Cl)cc2I)cc1. The fraction of sp³-hybridized carbons (Fsp3) is 0.133. The maximum Gasteiger partial charge on any atom is 0.255 e. The van der Waals surface area contributed by atoms with Crippen molar-refractivity contribution in [1.82, 2.24) is 0 Å². The highest BCUT2D eigenvalue weighted by molar-refractivity contribution is 14.1. The molecule has 2 aromatic rings. The van der Waals surface area contributed by atoms with E-state index in [9.17, 15) is 4.79 Å². The van der Waals surface area contributed by atoms with E-state index in [0.29, 0.717) is 10.6 Å². The molecule has 20 heavy (non-hydrogen) atoms. The Hall–Kier alpha value is -1.27. The van der Waals surface area contributed by atoms with E-state index in [1.807, 2.05) is 49.3 Å². The number of benzene rings is 2. The molecule has 0 bridgehead atoms. The van der Waals surface area contributed by atoms with Crippen molar-refractivity contribution >= 4 is 51.5 Å². The van der Waals surface area contributed by atoms with Gasteiger partial charge in [0.25, 0.3) is 5.91 Å². The summed E-state index contributed by atoms with van der Waals surface area (Å²) < 4.78 is 0.911. The lowest BCUT2D eigenvalue weighted by Gasteiger charge is -2.13. The third-order valence-corrected chi connectivity index (χ3v) is 3.95. The summed E-state index contributed by atoms with van der Waals surface area (Å²) in [4.78, 5) is 14.2. The van der Waals surface area contributed by atoms with Crippen LogP contribution in [0.25, 0.3) is 0 Å². The van der Waals surface area contributed by atoms with Gasteiger partial charge in [-0.2, -0.15) is 0 Å². The zero-order valence-electron chi connectivity index (χ0n) is 11.2. The second-order valence-corrected chi connectivity index (χ2v) is 6.12. The summed E-state index contributed by atoms with van der Waals surface area (Å²) in [5.74, 6) is -0.129. The third kappa shape index (κ3) is 3.64. The minimum atomic E-state index is -0.129. The molecule has 0 aliphatic rings. The average Bonchev–Trinajstić information content (AvgIpc) is 2.42. The van der Waals surface area contributed by atoms with E-state index in [4.69, 9.17) is 11.6 Å². The lowest BCUT2D eigenvalue weighted by Crippen LogP contribution is -2.13. The van der Waals surface area contributed by atoms with Crippen LogP contribution in [0.1, 0.15) is 10.4 Å². The van der Waals surface area contributed by atoms with Crippen molar-refractivity contribution in [2.75, 3.05) is 24.3 Å². The van der Waals surface area contributed by atoms with Crippen LogP contribution in [0.4, 0.5) is 11.4 Å². The molecule has 2 rings (SSSR count). The lowest BCUT2D eigenvalue weighted by atomic mass is 10.2. The number of nitrogens with zero attached hydrogens (tertiary/aromatic N) is 1. The molecule has 0 radical (unpaired) electrons. The summed E-state index contributed by atoms with van der Waals surface area (Å²) in [5.41, 5.74) is 2.45. The molecule has 0 aliphatic carbocycles. The summed E-state index contributed by atoms with van der Waals surface area (Å²) in [7, 11) is 3.93. The standard InChI is InChI=1S/C15H14ClIN2O/c1-19(2)12-6-3-10(4-7-12)15(20)18-14-8-5-11(16)9-13(14)17/h3-9H,1-2H3,(H,18,20). The van der Waals surface area contributed by atoms with E-state index in [-0.39, 0.29) is 5.91 Å². The number of amides is 1. The molecule has 104 valence electrons. The second-order valence-electron chi connectivity index (χ2n) is 4.52. The predicted octanol–water partition coefficient (Wildman–Crippen LogP) is 4.26. The Morgan fingerprint density at radius 3 is 2.35 bits per heavy atom. The van der Waals surface area contributed by atoms with Crippen molar-refractivity contribution in [3.8, 4) is 0 Å². The molecule has 5 heteroatoms. The number of anilines is 2. The first kappa shape index (κ1) is 15.1. The molecule has 0 atom stereocenters. The topological polar surface area (TPSA) is 32.3 Å². The van der Waals surface area contributed by atoms with Crippen molar-refractivity contribution in [3.05, 3.63) is 56.6 Å². The van der Waals surface area contributed by atoms with E-state index in [1.54, 1.807) is 12.1 Å². The highest BCUT2D eigenvalue weighted by Crippen LogP contribution is 2.23. The molecule has 0 unspecified atom stereocenters. The molecule has 0 fully saturated rings. The molecule has 0 heterocycles. The zero-order chi connectivity index (χ0) is 14.7. The first-order valence-electron chi connectivity index (χ1n) is 6.01. The van der Waals surface area contributed by atoms with Crippen molar-refractivity contribution in [2.45, 2.75) is 0 Å². The van der Waals surface area contributed by atoms with Gasteiger partial charge in [0.05, 0.1) is 5.69 Å². The Balaban J connectivity index is 2.15. The van der Waals surface area contributed by atoms with Crippen LogP contribution in [0.15, 0.2) is 42.5 Å². The number of nitrogens with one attached hydrogen (secondary N) is 1. The van der Waals surface area contributed by atoms with Crippen molar-refractivity contribution in [1.29, 1.82) is 0 Å². The molecule has 1 amide bonds. The van der Waals surface area contributed by atoms with Gasteiger partial charge in [-0.3, -0.25) is 4.79 Å². The molecule has 0 aromatic heterocycles. The van der Waals surface area contributed by atoms with Gasteiger partial charge in [0.2, 0.25) is 0 Å². The maximum absolute atomic E-state index is 12.2. The summed E-state index contributed by atoms with van der Waals surface area (Å²) in [5, 5.41) is 3.54. The van der Waals surface area contributed by atoms with E-state index in [1.165, 1.54) is 0 Å². The van der Waals surface area contributed by atoms with Crippen molar-refractivity contribution in [2.24, 2.45) is 0 Å². The molecule has 1 N–H and O–H groups in total. The van der Waals surface area contributed by atoms with Gasteiger partial charge in [-0.15, -0.1) is 0 Å². The molecule has 0 spiro atoms. The van der Waals surface area contributed by atoms with Gasteiger partial charge in [-0.25, -0.2) is 0 Å². The van der Waals surface area contributed by atoms with Crippen molar-refractivity contribution in [3.63, 3.8) is 0 Å². The van der Waals surface area contributed by atoms with Gasteiger partial charge in [0.15, 0.2) is 0 Å². The van der Waals surface area contributed by atoms with Gasteiger partial charge >= 0.3 is 0 Å². The number of hydrogen-bond acceptors (Lipinski definition) is 2. The molecule has 0 saturated carbocycles. The quantitative estimate of drug-likeness (QED) is 0.781. The van der Waals surface area contributed by atoms with Gasteiger partial charge in [0, 0.05) is 33.9 Å². The fourth-order valence-electron chi connectivity index (χ4n) is 1.70. The van der Waals surface area contributed by atoms with E-state index in [0.717, 1.165) is 14.9 Å². The van der Waals surface area contributed by atoms with Gasteiger partial charge in [-0.05, 0) is 65.1 Å². The van der Waals surface area contributed by atoms with E-state index < -0.39 is 0 Å². The number of rotatable bonds is 3. The summed E-state index contributed by atoms with van der Waals surface area (Å²) in [6.07, 6.45) is 0. The largest absolute Gasteiger partial charge is 0.378 e. The van der Waals surface area contributed by atoms with Gasteiger partial charge < -0.3 is 10.2 Å². The average molecular weight is 401 g/mol. The number of hydrogen-bond donors (Lipinski definition) is 1. The Labute approximate surface area is 137 Å². The Bertz CT molecular complexity index is 626. The lowest BCUT2D eigenvalue weighted by molar-refractivity contribution is 0.102. The van der Waals surface area contributed by atoms with Crippen molar-refractivity contribution < 1.29 is 4.79 Å². The van der Waals surface area contributed by atoms with Gasteiger partial charge in [-0.1, -0.05) is 11.6 Å². The summed E-state index contributed by atoms with van der Waals surface area (Å²) in [6, 6.07) is 12.8. The van der Waals surface area contributed by atoms with Gasteiger partial charge in [0.1, 0.15) is 0 Å². The zero-order valence-corrected chi connectivity index (χ0v) is 14.1. The minimum absolute atomic E-state index is 0.129. The Morgan fingerprint density at radius 1 is 1.15 bits per heavy atom. The van der Waals surface area contributed by atoms with E-state index in [2.05, 4.69) is 27.9 Å². The summed E-state index contributed by atoms with van der Waals surface area (Å²) >= 11 is 8.04. The molecule has 2 aromatic carbocycles. The first-order chi connectivity index (χ1) is 9.47. The minimum Gasteiger partial charge on any atom is -0.378 e. The Kier molecular flexibility index (Phi) is 4.88. The van der Waals surface area contributed by atoms with Crippen LogP contribution in [0, 0.1) is 3.57 Å².